The summed E-state index contributed by atoms with van der Waals surface area (Å²) in [5.74, 6) is 0. The maximum absolute atomic E-state index is 11.9. The molecule has 0 heterocycles. The van der Waals surface area contributed by atoms with Crippen molar-refractivity contribution in [3.63, 3.8) is 0 Å². The van der Waals surface area contributed by atoms with Gasteiger partial charge in [0, 0.05) is 15.8 Å². The van der Waals surface area contributed by atoms with Crippen LogP contribution in [0.2, 0.25) is 0 Å². The van der Waals surface area contributed by atoms with Crippen molar-refractivity contribution in [3.05, 3.63) is 28.7 Å². The topological polar surface area (TPSA) is 46.2 Å². The largest absolute Gasteiger partial charge is 0.240 e. The fraction of sp³-hybridized carbons (Fsp3) is 0.455. The third kappa shape index (κ3) is 5.07. The van der Waals surface area contributed by atoms with Gasteiger partial charge in [-0.3, -0.25) is 0 Å². The zero-order valence-corrected chi connectivity index (χ0v) is 13.5. The summed E-state index contributed by atoms with van der Waals surface area (Å²) in [4.78, 5) is 0.651. The molecule has 17 heavy (non-hydrogen) atoms. The molecule has 0 aromatic heterocycles. The Morgan fingerprint density at radius 3 is 2.41 bits per heavy atom. The maximum atomic E-state index is 11.9. The summed E-state index contributed by atoms with van der Waals surface area (Å²) in [5, 5.41) is 0. The van der Waals surface area contributed by atoms with Gasteiger partial charge in [-0.25, -0.2) is 13.1 Å². The summed E-state index contributed by atoms with van der Waals surface area (Å²) in [6.45, 7) is 2.50. The van der Waals surface area contributed by atoms with Crippen LogP contribution in [0.15, 0.2) is 33.6 Å². The first-order chi connectivity index (χ1) is 7.95. The lowest BCUT2D eigenvalue weighted by Crippen LogP contribution is -2.26. The van der Waals surface area contributed by atoms with Gasteiger partial charge in [-0.05, 0) is 37.1 Å². The van der Waals surface area contributed by atoms with Gasteiger partial charge in [0.05, 0.1) is 4.90 Å². The van der Waals surface area contributed by atoms with E-state index < -0.39 is 10.0 Å². The Morgan fingerprint density at radius 2 is 1.88 bits per heavy atom. The van der Waals surface area contributed by atoms with Crippen LogP contribution in [0.3, 0.4) is 0 Å². The molecule has 1 aromatic carbocycles. The Labute approximate surface area is 119 Å². The first-order valence-corrected chi connectivity index (χ1v) is 8.54. The van der Waals surface area contributed by atoms with Gasteiger partial charge < -0.3 is 0 Å². The van der Waals surface area contributed by atoms with Crippen molar-refractivity contribution in [2.75, 3.05) is 6.54 Å². The second-order valence-electron chi connectivity index (χ2n) is 3.65. The van der Waals surface area contributed by atoms with Crippen molar-refractivity contribution in [3.8, 4) is 0 Å². The molecule has 0 saturated carbocycles. The second-order valence-corrected chi connectivity index (χ2v) is 7.62. The third-order valence-corrected chi connectivity index (χ3v) is 5.43. The molecule has 1 atom stereocenters. The normalized spacial score (nSPS) is 13.6. The van der Waals surface area contributed by atoms with E-state index in [0.29, 0.717) is 16.3 Å². The Hall–Kier alpha value is 0.0900. The standard InChI is InChI=1S/C11H15Br2NO2S/c1-2-9(12)7-8-14-17(15,16)11-5-3-10(13)4-6-11/h3-6,9,14H,2,7-8H2,1H3. The number of hydrogen-bond donors (Lipinski definition) is 1. The number of rotatable bonds is 6. The average Bonchev–Trinajstić information content (AvgIpc) is 2.29. The monoisotopic (exact) mass is 383 g/mol. The van der Waals surface area contributed by atoms with E-state index in [9.17, 15) is 8.42 Å². The predicted octanol–water partition coefficient (Wildman–Crippen LogP) is 3.29. The van der Waals surface area contributed by atoms with Crippen LogP contribution in [0.5, 0.6) is 0 Å². The quantitative estimate of drug-likeness (QED) is 0.765. The van der Waals surface area contributed by atoms with Crippen LogP contribution in [0.1, 0.15) is 19.8 Å². The molecule has 0 fully saturated rings. The predicted molar refractivity (Wildman–Crippen MR) is 77.0 cm³/mol. The molecular formula is C11H15Br2NO2S. The van der Waals surface area contributed by atoms with Crippen LogP contribution in [0.25, 0.3) is 0 Å². The summed E-state index contributed by atoms with van der Waals surface area (Å²) in [6, 6.07) is 6.59. The number of nitrogens with one attached hydrogen (secondary N) is 1. The fourth-order valence-electron chi connectivity index (χ4n) is 1.25. The van der Waals surface area contributed by atoms with Crippen molar-refractivity contribution in [2.24, 2.45) is 0 Å². The van der Waals surface area contributed by atoms with Gasteiger partial charge in [0.15, 0.2) is 0 Å². The molecule has 1 unspecified atom stereocenters. The smallest absolute Gasteiger partial charge is 0.211 e. The lowest BCUT2D eigenvalue weighted by molar-refractivity contribution is 0.577. The van der Waals surface area contributed by atoms with Gasteiger partial charge in [-0.1, -0.05) is 38.8 Å². The third-order valence-electron chi connectivity index (χ3n) is 2.32. The van der Waals surface area contributed by atoms with E-state index in [0.717, 1.165) is 17.3 Å². The zero-order valence-electron chi connectivity index (χ0n) is 9.49. The van der Waals surface area contributed by atoms with E-state index in [-0.39, 0.29) is 0 Å². The lowest BCUT2D eigenvalue weighted by atomic mass is 10.2. The molecule has 0 aliphatic heterocycles. The van der Waals surface area contributed by atoms with E-state index in [1.165, 1.54) is 0 Å². The molecule has 0 amide bonds. The summed E-state index contributed by atoms with van der Waals surface area (Å²) in [7, 11) is -3.37. The van der Waals surface area contributed by atoms with Gasteiger partial charge in [-0.15, -0.1) is 0 Å². The second kappa shape index (κ2) is 6.87. The molecular weight excluding hydrogens is 370 g/mol. The molecule has 6 heteroatoms. The highest BCUT2D eigenvalue weighted by Crippen LogP contribution is 2.15. The Bertz CT molecular complexity index is 445. The highest BCUT2D eigenvalue weighted by atomic mass is 79.9. The lowest BCUT2D eigenvalue weighted by Gasteiger charge is -2.09. The summed E-state index contributed by atoms with van der Waals surface area (Å²) >= 11 is 6.74. The molecule has 0 aliphatic carbocycles. The van der Waals surface area contributed by atoms with Crippen LogP contribution >= 0.6 is 31.9 Å². The number of hydrogen-bond acceptors (Lipinski definition) is 2. The van der Waals surface area contributed by atoms with E-state index in [4.69, 9.17) is 0 Å². The van der Waals surface area contributed by atoms with E-state index >= 15 is 0 Å². The molecule has 0 radical (unpaired) electrons. The van der Waals surface area contributed by atoms with Crippen molar-refractivity contribution in [2.45, 2.75) is 29.5 Å². The number of sulfonamides is 1. The number of benzene rings is 1. The highest BCUT2D eigenvalue weighted by Gasteiger charge is 2.13. The summed E-state index contributed by atoms with van der Waals surface area (Å²) < 4.78 is 27.2. The zero-order chi connectivity index (χ0) is 12.9. The molecule has 0 spiro atoms. The van der Waals surface area contributed by atoms with Crippen LogP contribution < -0.4 is 4.72 Å². The fourth-order valence-corrected chi connectivity index (χ4v) is 2.79. The molecule has 1 N–H and O–H groups in total. The minimum Gasteiger partial charge on any atom is -0.211 e. The SMILES string of the molecule is CCC(Br)CCNS(=O)(=O)c1ccc(Br)cc1. The Morgan fingerprint density at radius 1 is 1.29 bits per heavy atom. The molecule has 96 valence electrons. The average molecular weight is 385 g/mol. The van der Waals surface area contributed by atoms with Crippen molar-refractivity contribution in [1.29, 1.82) is 0 Å². The maximum Gasteiger partial charge on any atom is 0.240 e. The first kappa shape index (κ1) is 15.1. The highest BCUT2D eigenvalue weighted by molar-refractivity contribution is 9.10. The van der Waals surface area contributed by atoms with Crippen LogP contribution in [-0.2, 0) is 10.0 Å². The Kier molecular flexibility index (Phi) is 6.12. The Balaban J connectivity index is 2.60. The van der Waals surface area contributed by atoms with E-state index in [1.807, 2.05) is 0 Å². The van der Waals surface area contributed by atoms with Gasteiger partial charge in [0.25, 0.3) is 0 Å². The molecule has 0 bridgehead atoms. The van der Waals surface area contributed by atoms with Crippen molar-refractivity contribution < 1.29 is 8.42 Å². The number of alkyl halides is 1. The van der Waals surface area contributed by atoms with Gasteiger partial charge >= 0.3 is 0 Å². The van der Waals surface area contributed by atoms with Gasteiger partial charge in [0.1, 0.15) is 0 Å². The van der Waals surface area contributed by atoms with Crippen LogP contribution in [-0.4, -0.2) is 19.8 Å². The molecule has 3 nitrogen and oxygen atoms in total. The molecule has 0 saturated heterocycles. The van der Waals surface area contributed by atoms with E-state index in [2.05, 4.69) is 43.5 Å². The van der Waals surface area contributed by atoms with E-state index in [1.54, 1.807) is 24.3 Å². The van der Waals surface area contributed by atoms with Gasteiger partial charge in [-0.2, -0.15) is 0 Å². The number of halogens is 2. The molecule has 0 aliphatic rings. The minimum absolute atomic E-state index is 0.295. The summed E-state index contributed by atoms with van der Waals surface area (Å²) in [6.07, 6.45) is 1.77. The first-order valence-electron chi connectivity index (χ1n) is 5.35. The van der Waals surface area contributed by atoms with Gasteiger partial charge in [0.2, 0.25) is 10.0 Å². The van der Waals surface area contributed by atoms with Crippen LogP contribution in [0, 0.1) is 0 Å². The molecule has 1 aromatic rings. The minimum atomic E-state index is -3.37. The van der Waals surface area contributed by atoms with Crippen LogP contribution in [0.4, 0.5) is 0 Å². The summed E-state index contributed by atoms with van der Waals surface area (Å²) in [5.41, 5.74) is 0. The molecule has 1 rings (SSSR count). The van der Waals surface area contributed by atoms with Crippen molar-refractivity contribution in [1.82, 2.24) is 4.72 Å². The van der Waals surface area contributed by atoms with Crippen molar-refractivity contribution >= 4 is 41.9 Å².